The summed E-state index contributed by atoms with van der Waals surface area (Å²) in [4.78, 5) is 38.0. The van der Waals surface area contributed by atoms with E-state index in [0.29, 0.717) is 19.3 Å². The van der Waals surface area contributed by atoms with Crippen LogP contribution in [-0.4, -0.2) is 37.2 Å². The van der Waals surface area contributed by atoms with Gasteiger partial charge in [-0.2, -0.15) is 0 Å². The zero-order valence-corrected chi connectivity index (χ0v) is 42.7. The predicted molar refractivity (Wildman–Crippen MR) is 283 cm³/mol. The molecule has 0 fully saturated rings. The van der Waals surface area contributed by atoms with Gasteiger partial charge in [-0.25, -0.2) is 0 Å². The molecule has 0 amide bonds. The standard InChI is InChI=1S/C60H98O6/c1-4-7-10-13-16-19-22-24-26-28-30-32-34-36-38-41-44-47-50-53-59(62)65-56-57(55-64-58(61)52-49-46-43-40-21-18-15-12-9-6-3)66-60(63)54-51-48-45-42-39-37-35-33-31-29-27-25-23-20-17-14-11-8-5-2/h7-8,10-11,15-20,24-27,30,32,36,38,57H,4-6,9,12-14,21-23,28-29,31,33-35,37,39-56H2,1-3H3/b10-7-,11-8-,18-15-,19-16-,20-17-,26-24-,27-25-,32-30-,38-36-. The molecule has 0 heterocycles. The van der Waals surface area contributed by atoms with Gasteiger partial charge in [0.1, 0.15) is 13.2 Å². The largest absolute Gasteiger partial charge is 0.462 e. The minimum absolute atomic E-state index is 0.0987. The van der Waals surface area contributed by atoms with Crippen LogP contribution in [0.2, 0.25) is 0 Å². The van der Waals surface area contributed by atoms with Crippen LogP contribution < -0.4 is 0 Å². The average Bonchev–Trinajstić information content (AvgIpc) is 3.31. The first-order chi connectivity index (χ1) is 32.5. The summed E-state index contributed by atoms with van der Waals surface area (Å²) in [5, 5.41) is 0. The minimum atomic E-state index is -0.800. The third-order valence-electron chi connectivity index (χ3n) is 11.0. The zero-order valence-electron chi connectivity index (χ0n) is 42.7. The number of rotatable bonds is 47. The molecule has 6 nitrogen and oxygen atoms in total. The lowest BCUT2D eigenvalue weighted by Crippen LogP contribution is -2.30. The first kappa shape index (κ1) is 62.1. The Balaban J connectivity index is 4.42. The summed E-state index contributed by atoms with van der Waals surface area (Å²) in [6.07, 6.45) is 72.2. The summed E-state index contributed by atoms with van der Waals surface area (Å²) in [6.45, 7) is 6.32. The van der Waals surface area contributed by atoms with Crippen molar-refractivity contribution in [2.24, 2.45) is 0 Å². The molecule has 0 aromatic carbocycles. The van der Waals surface area contributed by atoms with Crippen LogP contribution in [0, 0.1) is 0 Å². The summed E-state index contributed by atoms with van der Waals surface area (Å²) in [7, 11) is 0. The molecule has 0 aromatic rings. The van der Waals surface area contributed by atoms with Gasteiger partial charge in [0.05, 0.1) is 0 Å². The maximum Gasteiger partial charge on any atom is 0.306 e. The van der Waals surface area contributed by atoms with Gasteiger partial charge in [-0.15, -0.1) is 0 Å². The number of ether oxygens (including phenoxy) is 3. The Kier molecular flexibility index (Phi) is 50.5. The summed E-state index contributed by atoms with van der Waals surface area (Å²) >= 11 is 0. The molecule has 374 valence electrons. The second-order valence-corrected chi connectivity index (χ2v) is 17.4. The van der Waals surface area contributed by atoms with Crippen molar-refractivity contribution >= 4 is 17.9 Å². The molecule has 0 saturated heterocycles. The van der Waals surface area contributed by atoms with Gasteiger partial charge >= 0.3 is 17.9 Å². The molecule has 0 aliphatic rings. The molecule has 1 unspecified atom stereocenters. The van der Waals surface area contributed by atoms with Crippen molar-refractivity contribution in [3.05, 3.63) is 109 Å². The Hall–Kier alpha value is -3.93. The number of allylic oxidation sites excluding steroid dienone is 18. The lowest BCUT2D eigenvalue weighted by molar-refractivity contribution is -0.167. The number of hydrogen-bond donors (Lipinski definition) is 0. The van der Waals surface area contributed by atoms with Crippen LogP contribution in [-0.2, 0) is 28.6 Å². The molecule has 0 N–H and O–H groups in total. The monoisotopic (exact) mass is 915 g/mol. The summed E-state index contributed by atoms with van der Waals surface area (Å²) < 4.78 is 16.8. The highest BCUT2D eigenvalue weighted by Crippen LogP contribution is 2.14. The van der Waals surface area contributed by atoms with E-state index in [4.69, 9.17) is 14.2 Å². The van der Waals surface area contributed by atoms with Crippen LogP contribution in [0.1, 0.15) is 233 Å². The number of unbranched alkanes of at least 4 members (excludes halogenated alkanes) is 18. The molecule has 0 saturated carbocycles. The minimum Gasteiger partial charge on any atom is -0.462 e. The first-order valence-corrected chi connectivity index (χ1v) is 26.9. The summed E-state index contributed by atoms with van der Waals surface area (Å²) in [5.74, 6) is -0.954. The third-order valence-corrected chi connectivity index (χ3v) is 11.0. The molecule has 0 spiro atoms. The Morgan fingerprint density at radius 2 is 0.591 bits per heavy atom. The van der Waals surface area contributed by atoms with Crippen LogP contribution in [0.5, 0.6) is 0 Å². The molecular formula is C60H98O6. The Labute approximate surface area is 406 Å². The SMILES string of the molecule is CC/C=C\C/C=C\C/C=C\C/C=C\C/C=C\CCCCCC(=O)OCC(COC(=O)CCCCCC/C=C\CCCC)OC(=O)CCCCCCCCCCC/C=C\C/C=C\C/C=C\CC. The fourth-order valence-electron chi connectivity index (χ4n) is 6.99. The van der Waals surface area contributed by atoms with Gasteiger partial charge in [0.2, 0.25) is 0 Å². The molecule has 0 rings (SSSR count). The van der Waals surface area contributed by atoms with Crippen LogP contribution in [0.25, 0.3) is 0 Å². The van der Waals surface area contributed by atoms with E-state index in [-0.39, 0.29) is 31.1 Å². The van der Waals surface area contributed by atoms with E-state index in [1.54, 1.807) is 0 Å². The van der Waals surface area contributed by atoms with E-state index in [1.165, 1.54) is 51.4 Å². The topological polar surface area (TPSA) is 78.9 Å². The van der Waals surface area contributed by atoms with Gasteiger partial charge in [0.15, 0.2) is 6.10 Å². The van der Waals surface area contributed by atoms with Crippen LogP contribution in [0.15, 0.2) is 109 Å². The molecule has 66 heavy (non-hydrogen) atoms. The van der Waals surface area contributed by atoms with Crippen molar-refractivity contribution in [2.75, 3.05) is 13.2 Å². The van der Waals surface area contributed by atoms with Crippen LogP contribution in [0.4, 0.5) is 0 Å². The highest BCUT2D eigenvalue weighted by Gasteiger charge is 2.19. The van der Waals surface area contributed by atoms with E-state index in [9.17, 15) is 14.4 Å². The molecule has 1 atom stereocenters. The van der Waals surface area contributed by atoms with Gasteiger partial charge in [0, 0.05) is 19.3 Å². The molecule has 0 bridgehead atoms. The molecular weight excluding hydrogens is 817 g/mol. The Morgan fingerprint density at radius 1 is 0.318 bits per heavy atom. The zero-order chi connectivity index (χ0) is 47.9. The van der Waals surface area contributed by atoms with Gasteiger partial charge < -0.3 is 14.2 Å². The van der Waals surface area contributed by atoms with Gasteiger partial charge in [-0.3, -0.25) is 14.4 Å². The van der Waals surface area contributed by atoms with Crippen LogP contribution in [0.3, 0.4) is 0 Å². The van der Waals surface area contributed by atoms with Gasteiger partial charge in [-0.1, -0.05) is 207 Å². The number of carbonyl (C=O) groups excluding carboxylic acids is 3. The second-order valence-electron chi connectivity index (χ2n) is 17.4. The highest BCUT2D eigenvalue weighted by molar-refractivity contribution is 5.71. The molecule has 0 aromatic heterocycles. The molecule has 0 aliphatic carbocycles. The number of hydrogen-bond acceptors (Lipinski definition) is 6. The van der Waals surface area contributed by atoms with Crippen molar-refractivity contribution in [1.82, 2.24) is 0 Å². The van der Waals surface area contributed by atoms with Gasteiger partial charge in [0.25, 0.3) is 0 Å². The lowest BCUT2D eigenvalue weighted by Gasteiger charge is -2.18. The fourth-order valence-corrected chi connectivity index (χ4v) is 6.99. The molecule has 6 heteroatoms. The molecule has 0 aliphatic heterocycles. The van der Waals surface area contributed by atoms with Crippen molar-refractivity contribution in [2.45, 2.75) is 239 Å². The Morgan fingerprint density at radius 3 is 0.955 bits per heavy atom. The maximum atomic E-state index is 12.8. The van der Waals surface area contributed by atoms with E-state index in [0.717, 1.165) is 141 Å². The fraction of sp³-hybridized carbons (Fsp3) is 0.650. The van der Waals surface area contributed by atoms with E-state index in [1.807, 2.05) is 0 Å². The number of esters is 3. The van der Waals surface area contributed by atoms with Gasteiger partial charge in [-0.05, 0) is 116 Å². The van der Waals surface area contributed by atoms with Crippen molar-refractivity contribution < 1.29 is 28.6 Å². The van der Waals surface area contributed by atoms with E-state index < -0.39 is 6.10 Å². The molecule has 0 radical (unpaired) electrons. The Bertz CT molecular complexity index is 1370. The lowest BCUT2D eigenvalue weighted by atomic mass is 10.1. The van der Waals surface area contributed by atoms with E-state index in [2.05, 4.69) is 130 Å². The summed E-state index contributed by atoms with van der Waals surface area (Å²) in [6, 6.07) is 0. The first-order valence-electron chi connectivity index (χ1n) is 26.9. The quantitative estimate of drug-likeness (QED) is 0.0262. The maximum absolute atomic E-state index is 12.8. The average molecular weight is 915 g/mol. The van der Waals surface area contributed by atoms with Crippen molar-refractivity contribution in [1.29, 1.82) is 0 Å². The highest BCUT2D eigenvalue weighted by atomic mass is 16.6. The number of carbonyl (C=O) groups is 3. The predicted octanol–water partition coefficient (Wildman–Crippen LogP) is 17.9. The smallest absolute Gasteiger partial charge is 0.306 e. The van der Waals surface area contributed by atoms with Crippen molar-refractivity contribution in [3.8, 4) is 0 Å². The summed E-state index contributed by atoms with van der Waals surface area (Å²) in [5.41, 5.74) is 0. The van der Waals surface area contributed by atoms with Crippen molar-refractivity contribution in [3.63, 3.8) is 0 Å². The normalized spacial score (nSPS) is 13.0. The van der Waals surface area contributed by atoms with Crippen LogP contribution >= 0.6 is 0 Å². The second kappa shape index (κ2) is 53.7. The van der Waals surface area contributed by atoms with E-state index >= 15 is 0 Å². The third kappa shape index (κ3) is 51.1.